The molecule has 9 nitrogen and oxygen atoms in total. The molecule has 14 heteroatoms. The highest BCUT2D eigenvalue weighted by atomic mass is 35.5. The van der Waals surface area contributed by atoms with Crippen molar-refractivity contribution in [2.45, 2.75) is 16.0 Å². The van der Waals surface area contributed by atoms with Crippen LogP contribution in [0.4, 0.5) is 11.4 Å². The molecule has 0 aliphatic carbocycles. The molecule has 0 unspecified atom stereocenters. The predicted molar refractivity (Wildman–Crippen MR) is 127 cm³/mol. The lowest BCUT2D eigenvalue weighted by Gasteiger charge is -2.16. The van der Waals surface area contributed by atoms with E-state index in [4.69, 9.17) is 27.9 Å². The van der Waals surface area contributed by atoms with Crippen molar-refractivity contribution in [2.75, 3.05) is 16.1 Å². The maximum absolute atomic E-state index is 13.0. The number of aromatic carboxylic acids is 1. The lowest BCUT2D eigenvalue weighted by Crippen LogP contribution is -2.18. The third kappa shape index (κ3) is 5.71. The Balaban J connectivity index is 2.03. The molecule has 0 radical (unpaired) electrons. The number of ether oxygens (including phenoxy) is 1. The number of rotatable bonds is 9. The van der Waals surface area contributed by atoms with Gasteiger partial charge < -0.3 is 9.84 Å². The quantitative estimate of drug-likeness (QED) is 0.349. The van der Waals surface area contributed by atoms with Gasteiger partial charge in [0.25, 0.3) is 20.0 Å². The van der Waals surface area contributed by atoms with Crippen LogP contribution in [0.3, 0.4) is 0 Å². The number of carboxylic acids is 1. The van der Waals surface area contributed by atoms with E-state index in [-0.39, 0.29) is 48.4 Å². The number of anilines is 2. The third-order valence-corrected chi connectivity index (χ3v) is 8.95. The van der Waals surface area contributed by atoms with Gasteiger partial charge in [0.1, 0.15) is 15.5 Å². The van der Waals surface area contributed by atoms with Crippen LogP contribution >= 0.6 is 34.5 Å². The SMILES string of the molecule is CCOc1ccc(S(=O)(=O)Nc2cc(Cl)c(Cl)cc2NS(=O)(=O)c2cccs2)cc1C(=O)O. The van der Waals surface area contributed by atoms with Crippen molar-refractivity contribution in [1.29, 1.82) is 0 Å². The number of hydrogen-bond donors (Lipinski definition) is 3. The maximum atomic E-state index is 13.0. The summed E-state index contributed by atoms with van der Waals surface area (Å²) in [6.45, 7) is 1.84. The van der Waals surface area contributed by atoms with E-state index in [1.165, 1.54) is 12.1 Å². The summed E-state index contributed by atoms with van der Waals surface area (Å²) in [5.41, 5.74) is -0.742. The van der Waals surface area contributed by atoms with Crippen molar-refractivity contribution < 1.29 is 31.5 Å². The molecule has 0 saturated heterocycles. The first kappa shape index (κ1) is 25.1. The number of hydrogen-bond acceptors (Lipinski definition) is 7. The Morgan fingerprint density at radius 3 is 2.12 bits per heavy atom. The van der Waals surface area contributed by atoms with Crippen LogP contribution in [0.1, 0.15) is 17.3 Å². The van der Waals surface area contributed by atoms with E-state index >= 15 is 0 Å². The monoisotopic (exact) mass is 550 g/mol. The molecule has 0 aliphatic heterocycles. The van der Waals surface area contributed by atoms with Crippen LogP contribution in [0, 0.1) is 0 Å². The van der Waals surface area contributed by atoms with E-state index in [1.54, 1.807) is 18.4 Å². The van der Waals surface area contributed by atoms with Crippen molar-refractivity contribution >= 4 is 71.9 Å². The van der Waals surface area contributed by atoms with E-state index in [1.807, 2.05) is 0 Å². The maximum Gasteiger partial charge on any atom is 0.339 e. The average Bonchev–Trinajstić information content (AvgIpc) is 3.27. The number of benzene rings is 2. The Morgan fingerprint density at radius 1 is 1.00 bits per heavy atom. The zero-order chi connectivity index (χ0) is 24.4. The van der Waals surface area contributed by atoms with Gasteiger partial charge in [-0.05, 0) is 48.7 Å². The second kappa shape index (κ2) is 9.77. The molecule has 0 saturated carbocycles. The number of halogens is 2. The van der Waals surface area contributed by atoms with Crippen LogP contribution in [-0.2, 0) is 20.0 Å². The lowest BCUT2D eigenvalue weighted by atomic mass is 10.2. The minimum Gasteiger partial charge on any atom is -0.493 e. The van der Waals surface area contributed by atoms with Crippen molar-refractivity contribution in [3.05, 3.63) is 63.5 Å². The fourth-order valence-electron chi connectivity index (χ4n) is 2.66. The summed E-state index contributed by atoms with van der Waals surface area (Å²) < 4.78 is 61.0. The predicted octanol–water partition coefficient (Wildman–Crippen LogP) is 4.75. The fourth-order valence-corrected chi connectivity index (χ4v) is 6.14. The van der Waals surface area contributed by atoms with E-state index in [0.717, 1.165) is 35.6 Å². The second-order valence-electron chi connectivity index (χ2n) is 6.35. The fraction of sp³-hybridized carbons (Fsp3) is 0.105. The molecule has 0 atom stereocenters. The van der Waals surface area contributed by atoms with Crippen molar-refractivity contribution in [1.82, 2.24) is 0 Å². The van der Waals surface area contributed by atoms with Gasteiger partial charge >= 0.3 is 5.97 Å². The summed E-state index contributed by atoms with van der Waals surface area (Å²) in [6.07, 6.45) is 0. The highest BCUT2D eigenvalue weighted by Gasteiger charge is 2.24. The number of nitrogens with one attached hydrogen (secondary N) is 2. The van der Waals surface area contributed by atoms with Crippen LogP contribution in [-0.4, -0.2) is 34.5 Å². The molecule has 0 bridgehead atoms. The van der Waals surface area contributed by atoms with E-state index in [2.05, 4.69) is 9.44 Å². The Morgan fingerprint density at radius 2 is 1.61 bits per heavy atom. The summed E-state index contributed by atoms with van der Waals surface area (Å²) in [5.74, 6) is -1.38. The standard InChI is InChI=1S/C19H16Cl2N2O7S3/c1-2-30-17-6-5-11(8-12(17)19(24)25)32(26,27)22-15-9-13(20)14(21)10-16(15)23-33(28,29)18-4-3-7-31-18/h3-10,22-23H,2H2,1H3,(H,24,25). The molecule has 0 amide bonds. The van der Waals surface area contributed by atoms with Gasteiger partial charge in [-0.25, -0.2) is 21.6 Å². The first-order chi connectivity index (χ1) is 15.4. The van der Waals surface area contributed by atoms with Gasteiger partial charge in [-0.2, -0.15) is 0 Å². The van der Waals surface area contributed by atoms with Gasteiger partial charge in [-0.3, -0.25) is 9.44 Å². The molecule has 0 spiro atoms. The number of thiophene rings is 1. The van der Waals surface area contributed by atoms with Crippen molar-refractivity contribution in [2.24, 2.45) is 0 Å². The summed E-state index contributed by atoms with van der Waals surface area (Å²) in [5, 5.41) is 10.9. The molecule has 0 fully saturated rings. The van der Waals surface area contributed by atoms with Crippen LogP contribution in [0.15, 0.2) is 56.9 Å². The highest BCUT2D eigenvalue weighted by Crippen LogP contribution is 2.36. The Hall–Kier alpha value is -2.51. The molecule has 3 rings (SSSR count). The van der Waals surface area contributed by atoms with Gasteiger partial charge in [0.05, 0.1) is 32.9 Å². The van der Waals surface area contributed by atoms with Gasteiger partial charge in [0, 0.05) is 0 Å². The van der Waals surface area contributed by atoms with Gasteiger partial charge in [0.15, 0.2) is 0 Å². The van der Waals surface area contributed by atoms with Gasteiger partial charge in [-0.15, -0.1) is 11.3 Å². The molecular formula is C19H16Cl2N2O7S3. The molecule has 176 valence electrons. The molecule has 0 aliphatic rings. The van der Waals surface area contributed by atoms with Crippen LogP contribution in [0.25, 0.3) is 0 Å². The molecule has 3 N–H and O–H groups in total. The molecule has 1 heterocycles. The van der Waals surface area contributed by atoms with E-state index in [9.17, 15) is 26.7 Å². The van der Waals surface area contributed by atoms with Crippen molar-refractivity contribution in [3.8, 4) is 5.75 Å². The van der Waals surface area contributed by atoms with Gasteiger partial charge in [-0.1, -0.05) is 29.3 Å². The molecule has 33 heavy (non-hydrogen) atoms. The molecule has 1 aromatic heterocycles. The summed E-state index contributed by atoms with van der Waals surface area (Å²) in [7, 11) is -8.40. The minimum atomic E-state index is -4.37. The zero-order valence-corrected chi connectivity index (χ0v) is 20.7. The Labute approximate surface area is 204 Å². The summed E-state index contributed by atoms with van der Waals surface area (Å²) >= 11 is 13.0. The van der Waals surface area contributed by atoms with Crippen molar-refractivity contribution in [3.63, 3.8) is 0 Å². The molecule has 2 aromatic carbocycles. The van der Waals surface area contributed by atoms with Gasteiger partial charge in [0.2, 0.25) is 0 Å². The third-order valence-electron chi connectivity index (χ3n) is 4.10. The largest absolute Gasteiger partial charge is 0.493 e. The summed E-state index contributed by atoms with van der Waals surface area (Å²) in [6, 6.07) is 8.53. The Kier molecular flexibility index (Phi) is 7.44. The van der Waals surface area contributed by atoms with Crippen LogP contribution in [0.5, 0.6) is 5.75 Å². The van der Waals surface area contributed by atoms with Crippen LogP contribution < -0.4 is 14.2 Å². The first-order valence-electron chi connectivity index (χ1n) is 9.03. The average molecular weight is 551 g/mol. The Bertz CT molecular complexity index is 1410. The number of carbonyl (C=O) groups is 1. The molecular weight excluding hydrogens is 535 g/mol. The highest BCUT2D eigenvalue weighted by molar-refractivity contribution is 7.94. The second-order valence-corrected chi connectivity index (χ2v) is 11.7. The minimum absolute atomic E-state index is 0.00000692. The van der Waals surface area contributed by atoms with Crippen LogP contribution in [0.2, 0.25) is 10.0 Å². The van der Waals surface area contributed by atoms with E-state index < -0.39 is 26.0 Å². The normalized spacial score (nSPS) is 11.7. The van der Waals surface area contributed by atoms with E-state index in [0.29, 0.717) is 0 Å². The zero-order valence-electron chi connectivity index (χ0n) is 16.7. The molecule has 3 aromatic rings. The topological polar surface area (TPSA) is 139 Å². The number of carboxylic acid groups (broad SMARTS) is 1. The summed E-state index contributed by atoms with van der Waals surface area (Å²) in [4.78, 5) is 11.1. The number of sulfonamides is 2. The first-order valence-corrected chi connectivity index (χ1v) is 13.6. The smallest absolute Gasteiger partial charge is 0.339 e. The lowest BCUT2D eigenvalue weighted by molar-refractivity contribution is 0.0692.